The van der Waals surface area contributed by atoms with E-state index in [1.54, 1.807) is 12.1 Å². The lowest BCUT2D eigenvalue weighted by molar-refractivity contribution is -0.143. The third kappa shape index (κ3) is 9.63. The number of nitrogens with zero attached hydrogens (tertiary/aromatic N) is 2. The first-order valence-corrected chi connectivity index (χ1v) is 9.52. The van der Waals surface area contributed by atoms with Gasteiger partial charge in [0.25, 0.3) is 0 Å². The number of aliphatic imine (C=N–C) groups is 1. The van der Waals surface area contributed by atoms with Crippen molar-refractivity contribution >= 4 is 29.9 Å². The van der Waals surface area contributed by atoms with Crippen molar-refractivity contribution < 1.29 is 26.7 Å². The first-order chi connectivity index (χ1) is 13.7. The van der Waals surface area contributed by atoms with E-state index in [0.29, 0.717) is 44.1 Å². The average Bonchev–Trinajstić information content (AvgIpc) is 3.04. The van der Waals surface area contributed by atoms with Gasteiger partial charge in [-0.1, -0.05) is 17.7 Å². The lowest BCUT2D eigenvalue weighted by atomic mass is 10.1. The topological polar surface area (TPSA) is 48.9 Å². The van der Waals surface area contributed by atoms with E-state index < -0.39 is 19.3 Å². The van der Waals surface area contributed by atoms with Crippen molar-refractivity contribution in [2.24, 2.45) is 10.9 Å². The second-order valence-electron chi connectivity index (χ2n) is 7.07. The minimum atomic E-state index is -4.19. The van der Waals surface area contributed by atoms with Crippen LogP contribution >= 0.6 is 24.0 Å². The Balaban J connectivity index is 0.00000450. The van der Waals surface area contributed by atoms with Crippen LogP contribution in [0.3, 0.4) is 0 Å². The fourth-order valence-corrected chi connectivity index (χ4v) is 3.27. The van der Waals surface area contributed by atoms with Crippen LogP contribution in [0.25, 0.3) is 0 Å². The monoisotopic (exact) mass is 550 g/mol. The highest BCUT2D eigenvalue weighted by Crippen LogP contribution is 2.24. The predicted octanol–water partition coefficient (Wildman–Crippen LogP) is 4.15. The van der Waals surface area contributed by atoms with E-state index in [4.69, 9.17) is 0 Å². The summed E-state index contributed by atoms with van der Waals surface area (Å²) < 4.78 is 67.2. The summed E-state index contributed by atoms with van der Waals surface area (Å²) in [5.41, 5.74) is 1.42. The molecule has 1 unspecified atom stereocenters. The van der Waals surface area contributed by atoms with Crippen molar-refractivity contribution in [1.82, 2.24) is 15.5 Å². The van der Waals surface area contributed by atoms with Crippen LogP contribution in [0, 0.1) is 12.8 Å². The smallest absolute Gasteiger partial charge is 0.401 e. The van der Waals surface area contributed by atoms with E-state index in [0.717, 1.165) is 5.56 Å². The summed E-state index contributed by atoms with van der Waals surface area (Å²) in [6.45, 7) is 1.90. The summed E-state index contributed by atoms with van der Waals surface area (Å²) in [6, 6.07) is 4.90. The number of hydrogen-bond acceptors (Lipinski definition) is 3. The van der Waals surface area contributed by atoms with E-state index in [9.17, 15) is 22.0 Å². The molecule has 30 heavy (non-hydrogen) atoms. The molecule has 1 saturated heterocycles. The standard InChI is InChI=1S/C19H27F5N4O.HI/c1-3-25-18(26-9-14-6-7-28(11-14)12-19(22,23)24)27-10-15-8-13(2)4-5-16(15)29-17(20)21;/h4-5,8,14,17H,3,6-7,9-12H2,1-2H3,(H2,25,26,27);1H. The van der Waals surface area contributed by atoms with Crippen LogP contribution in [-0.4, -0.2) is 56.4 Å². The Hall–Kier alpha value is -1.37. The molecule has 0 amide bonds. The molecule has 0 spiro atoms. The second-order valence-corrected chi connectivity index (χ2v) is 7.07. The molecule has 2 N–H and O–H groups in total. The number of rotatable bonds is 8. The fraction of sp³-hybridized carbons (Fsp3) is 0.632. The molecular weight excluding hydrogens is 522 g/mol. The molecule has 172 valence electrons. The normalized spacial score (nSPS) is 17.7. The van der Waals surface area contributed by atoms with Crippen LogP contribution in [0.1, 0.15) is 24.5 Å². The van der Waals surface area contributed by atoms with Crippen molar-refractivity contribution in [2.75, 3.05) is 32.7 Å². The van der Waals surface area contributed by atoms with Crippen molar-refractivity contribution in [3.05, 3.63) is 29.3 Å². The summed E-state index contributed by atoms with van der Waals surface area (Å²) >= 11 is 0. The van der Waals surface area contributed by atoms with Crippen molar-refractivity contribution in [1.29, 1.82) is 0 Å². The molecule has 0 saturated carbocycles. The lowest BCUT2D eigenvalue weighted by Gasteiger charge is -2.19. The molecule has 1 atom stereocenters. The maximum absolute atomic E-state index is 12.6. The summed E-state index contributed by atoms with van der Waals surface area (Å²) in [6.07, 6.45) is -3.52. The molecular formula is C19H28F5IN4O. The number of nitrogens with one attached hydrogen (secondary N) is 2. The SMILES string of the molecule is CCNC(=NCc1cc(C)ccc1OC(F)F)NCC1CCN(CC(F)(F)F)C1.I. The van der Waals surface area contributed by atoms with Gasteiger partial charge in [-0.15, -0.1) is 24.0 Å². The van der Waals surface area contributed by atoms with Gasteiger partial charge in [0, 0.05) is 25.2 Å². The number of halogens is 6. The zero-order chi connectivity index (χ0) is 21.4. The number of alkyl halides is 5. The molecule has 0 aliphatic carbocycles. The van der Waals surface area contributed by atoms with Gasteiger partial charge in [-0.05, 0) is 38.8 Å². The molecule has 1 heterocycles. The first-order valence-electron chi connectivity index (χ1n) is 9.52. The number of ether oxygens (including phenoxy) is 1. The molecule has 2 rings (SSSR count). The molecule has 0 aromatic heterocycles. The Morgan fingerprint density at radius 2 is 2.03 bits per heavy atom. The van der Waals surface area contributed by atoms with E-state index in [-0.39, 0.29) is 42.2 Å². The summed E-state index contributed by atoms with van der Waals surface area (Å²) in [7, 11) is 0. The lowest BCUT2D eigenvalue weighted by Crippen LogP contribution is -2.40. The first kappa shape index (κ1) is 26.7. The zero-order valence-corrected chi connectivity index (χ0v) is 19.3. The Kier molecular flexibility index (Phi) is 11.1. The summed E-state index contributed by atoms with van der Waals surface area (Å²) in [5, 5.41) is 6.19. The van der Waals surface area contributed by atoms with Gasteiger partial charge in [0.1, 0.15) is 5.75 Å². The zero-order valence-electron chi connectivity index (χ0n) is 16.9. The van der Waals surface area contributed by atoms with Gasteiger partial charge in [0.15, 0.2) is 5.96 Å². The minimum Gasteiger partial charge on any atom is -0.434 e. The largest absolute Gasteiger partial charge is 0.434 e. The van der Waals surface area contributed by atoms with Gasteiger partial charge in [-0.25, -0.2) is 4.99 Å². The molecule has 5 nitrogen and oxygen atoms in total. The number of likely N-dealkylation sites (tertiary alicyclic amines) is 1. The molecule has 0 bridgehead atoms. The molecule has 0 radical (unpaired) electrons. The predicted molar refractivity (Wildman–Crippen MR) is 117 cm³/mol. The quantitative estimate of drug-likeness (QED) is 0.221. The maximum atomic E-state index is 12.6. The van der Waals surface area contributed by atoms with Crippen LogP contribution in [0.4, 0.5) is 22.0 Å². The van der Waals surface area contributed by atoms with E-state index >= 15 is 0 Å². The van der Waals surface area contributed by atoms with Crippen molar-refractivity contribution in [2.45, 2.75) is 39.6 Å². The molecule has 11 heteroatoms. The van der Waals surface area contributed by atoms with Gasteiger partial charge in [0.2, 0.25) is 0 Å². The maximum Gasteiger partial charge on any atom is 0.401 e. The summed E-state index contributed by atoms with van der Waals surface area (Å²) in [5.74, 6) is 0.632. The third-order valence-corrected chi connectivity index (χ3v) is 4.51. The number of guanidine groups is 1. The molecule has 1 aliphatic rings. The van der Waals surface area contributed by atoms with Crippen LogP contribution in [0.2, 0.25) is 0 Å². The van der Waals surface area contributed by atoms with Crippen molar-refractivity contribution in [3.63, 3.8) is 0 Å². The van der Waals surface area contributed by atoms with Gasteiger partial charge in [0.05, 0.1) is 13.1 Å². The fourth-order valence-electron chi connectivity index (χ4n) is 3.27. The second kappa shape index (κ2) is 12.5. The Morgan fingerprint density at radius 1 is 1.30 bits per heavy atom. The van der Waals surface area contributed by atoms with Gasteiger partial charge >= 0.3 is 12.8 Å². The number of aryl methyl sites for hydroxylation is 1. The van der Waals surface area contributed by atoms with Gasteiger partial charge < -0.3 is 15.4 Å². The van der Waals surface area contributed by atoms with Crippen LogP contribution < -0.4 is 15.4 Å². The molecule has 1 aromatic carbocycles. The highest BCUT2D eigenvalue weighted by molar-refractivity contribution is 14.0. The van der Waals surface area contributed by atoms with E-state index in [1.165, 1.54) is 11.0 Å². The highest BCUT2D eigenvalue weighted by Gasteiger charge is 2.34. The van der Waals surface area contributed by atoms with E-state index in [2.05, 4.69) is 20.4 Å². The number of hydrogen-bond donors (Lipinski definition) is 2. The van der Waals surface area contributed by atoms with Gasteiger partial charge in [-0.2, -0.15) is 22.0 Å². The highest BCUT2D eigenvalue weighted by atomic mass is 127. The Labute approximate surface area is 190 Å². The third-order valence-electron chi connectivity index (χ3n) is 4.51. The average molecular weight is 550 g/mol. The minimum absolute atomic E-state index is 0. The Morgan fingerprint density at radius 3 is 2.67 bits per heavy atom. The van der Waals surface area contributed by atoms with Crippen LogP contribution in [0.15, 0.2) is 23.2 Å². The Bertz CT molecular complexity index is 687. The molecule has 1 aromatic rings. The van der Waals surface area contributed by atoms with E-state index in [1.807, 2.05) is 13.8 Å². The summed E-state index contributed by atoms with van der Waals surface area (Å²) in [4.78, 5) is 5.81. The molecule has 1 fully saturated rings. The van der Waals surface area contributed by atoms with Gasteiger partial charge in [-0.3, -0.25) is 4.90 Å². The van der Waals surface area contributed by atoms with Crippen LogP contribution in [0.5, 0.6) is 5.75 Å². The van der Waals surface area contributed by atoms with Crippen molar-refractivity contribution in [3.8, 4) is 5.75 Å². The van der Waals surface area contributed by atoms with Crippen LogP contribution in [-0.2, 0) is 6.54 Å². The molecule has 1 aliphatic heterocycles. The number of benzene rings is 1.